The van der Waals surface area contributed by atoms with E-state index in [2.05, 4.69) is 18.8 Å². The van der Waals surface area contributed by atoms with Crippen molar-refractivity contribution in [2.45, 2.75) is 32.9 Å². The summed E-state index contributed by atoms with van der Waals surface area (Å²) in [6, 6.07) is 18.8. The number of nitrogens with zero attached hydrogens (tertiary/aromatic N) is 4. The van der Waals surface area contributed by atoms with Crippen LogP contribution in [0.25, 0.3) is 16.9 Å². The lowest BCUT2D eigenvalue weighted by molar-refractivity contribution is 0.586. The van der Waals surface area contributed by atoms with Gasteiger partial charge in [0.05, 0.1) is 28.6 Å². The molecule has 0 radical (unpaired) electrons. The van der Waals surface area contributed by atoms with Crippen molar-refractivity contribution in [2.24, 2.45) is 0 Å². The van der Waals surface area contributed by atoms with Crippen LogP contribution in [0, 0.1) is 5.82 Å². The molecule has 0 aliphatic carbocycles. The van der Waals surface area contributed by atoms with Gasteiger partial charge in [0, 0.05) is 12.1 Å². The molecule has 5 rings (SSSR count). The zero-order chi connectivity index (χ0) is 26.3. The molecule has 0 fully saturated rings. The molecule has 0 bridgehead atoms. The van der Waals surface area contributed by atoms with Crippen molar-refractivity contribution < 1.29 is 4.39 Å². The maximum Gasteiger partial charge on any atom is 0.337 e. The van der Waals surface area contributed by atoms with Crippen molar-refractivity contribution in [3.8, 4) is 5.69 Å². The molecule has 0 amide bonds. The molecule has 188 valence electrons. The highest BCUT2D eigenvalue weighted by Crippen LogP contribution is 2.24. The first kappa shape index (κ1) is 25.0. The van der Waals surface area contributed by atoms with Crippen molar-refractivity contribution in [3.63, 3.8) is 0 Å². The Labute approximate surface area is 222 Å². The number of hydrogen-bond acceptors (Lipinski definition) is 3. The van der Waals surface area contributed by atoms with Crippen LogP contribution in [-0.4, -0.2) is 18.7 Å². The summed E-state index contributed by atoms with van der Waals surface area (Å²) in [4.78, 5) is 31.9. The summed E-state index contributed by atoms with van der Waals surface area (Å²) in [5, 5.41) is 0.814. The Morgan fingerprint density at radius 2 is 1.65 bits per heavy atom. The van der Waals surface area contributed by atoms with Crippen LogP contribution in [0.1, 0.15) is 36.5 Å². The summed E-state index contributed by atoms with van der Waals surface area (Å²) >= 11 is 12.2. The Bertz CT molecular complexity index is 1740. The molecule has 0 aliphatic heterocycles. The highest BCUT2D eigenvalue weighted by Gasteiger charge is 2.20. The molecule has 6 nitrogen and oxygen atoms in total. The van der Waals surface area contributed by atoms with Gasteiger partial charge in [-0.1, -0.05) is 73.4 Å². The van der Waals surface area contributed by atoms with Crippen LogP contribution in [0.2, 0.25) is 10.0 Å². The smallest absolute Gasteiger partial charge is 0.320 e. The van der Waals surface area contributed by atoms with Gasteiger partial charge in [0.25, 0.3) is 5.56 Å². The molecular formula is C28H23Cl2FN4O2. The lowest BCUT2D eigenvalue weighted by Crippen LogP contribution is -2.40. The topological polar surface area (TPSA) is 61.8 Å². The summed E-state index contributed by atoms with van der Waals surface area (Å²) < 4.78 is 18.6. The van der Waals surface area contributed by atoms with E-state index in [0.29, 0.717) is 21.7 Å². The predicted molar refractivity (Wildman–Crippen MR) is 145 cm³/mol. The third-order valence-corrected chi connectivity index (χ3v) is 7.08. The van der Waals surface area contributed by atoms with Gasteiger partial charge in [0.2, 0.25) is 0 Å². The van der Waals surface area contributed by atoms with Crippen LogP contribution in [-0.2, 0) is 13.1 Å². The minimum atomic E-state index is -0.599. The molecule has 0 saturated carbocycles. The van der Waals surface area contributed by atoms with Gasteiger partial charge in [-0.05, 0) is 47.4 Å². The van der Waals surface area contributed by atoms with Crippen LogP contribution in [0.4, 0.5) is 4.39 Å². The van der Waals surface area contributed by atoms with Crippen molar-refractivity contribution in [1.82, 2.24) is 18.7 Å². The molecule has 3 aromatic carbocycles. The molecule has 0 unspecified atom stereocenters. The molecule has 37 heavy (non-hydrogen) atoms. The first-order valence-electron chi connectivity index (χ1n) is 11.7. The van der Waals surface area contributed by atoms with Gasteiger partial charge in [-0.2, -0.15) is 0 Å². The van der Waals surface area contributed by atoms with E-state index in [0.717, 1.165) is 15.7 Å². The Kier molecular flexibility index (Phi) is 6.75. The van der Waals surface area contributed by atoms with E-state index in [1.807, 2.05) is 24.3 Å². The summed E-state index contributed by atoms with van der Waals surface area (Å²) in [6.07, 6.45) is 1.51. The van der Waals surface area contributed by atoms with Gasteiger partial charge in [0.15, 0.2) is 11.2 Å². The number of rotatable bonds is 6. The van der Waals surface area contributed by atoms with E-state index in [1.165, 1.54) is 17.0 Å². The van der Waals surface area contributed by atoms with E-state index in [1.54, 1.807) is 41.0 Å². The monoisotopic (exact) mass is 536 g/mol. The normalized spacial score (nSPS) is 11.5. The Hall–Kier alpha value is -3.68. The maximum atomic E-state index is 14.5. The first-order chi connectivity index (χ1) is 17.7. The lowest BCUT2D eigenvalue weighted by Gasteiger charge is -2.14. The predicted octanol–water partition coefficient (Wildman–Crippen LogP) is 6.01. The molecule has 0 N–H and O–H groups in total. The molecule has 2 aromatic heterocycles. The van der Waals surface area contributed by atoms with Gasteiger partial charge in [0.1, 0.15) is 5.82 Å². The second-order valence-corrected chi connectivity index (χ2v) is 9.95. The van der Waals surface area contributed by atoms with Gasteiger partial charge >= 0.3 is 5.69 Å². The van der Waals surface area contributed by atoms with E-state index < -0.39 is 17.1 Å². The average molecular weight is 537 g/mol. The number of benzene rings is 3. The average Bonchev–Trinajstić information content (AvgIpc) is 3.28. The third-order valence-electron chi connectivity index (χ3n) is 6.34. The molecule has 5 aromatic rings. The van der Waals surface area contributed by atoms with E-state index in [9.17, 15) is 14.0 Å². The molecule has 0 saturated heterocycles. The fraction of sp³-hybridized carbons (Fsp3) is 0.179. The number of fused-ring (bicyclic) bond motifs is 1. The fourth-order valence-corrected chi connectivity index (χ4v) is 4.63. The molecule has 0 spiro atoms. The van der Waals surface area contributed by atoms with Crippen molar-refractivity contribution in [1.29, 1.82) is 0 Å². The van der Waals surface area contributed by atoms with Crippen LogP contribution in [0.15, 0.2) is 82.6 Å². The SMILES string of the molecule is CC(C)c1ccc(-n2c(=O)n(Cc3ccccc3F)c(=O)c3c2ncn3Cc2ccc(Cl)c(Cl)c2)cc1. The van der Waals surface area contributed by atoms with Gasteiger partial charge in [-0.15, -0.1) is 0 Å². The highest BCUT2D eigenvalue weighted by atomic mass is 35.5. The zero-order valence-electron chi connectivity index (χ0n) is 20.2. The lowest BCUT2D eigenvalue weighted by atomic mass is 10.0. The molecular weight excluding hydrogens is 514 g/mol. The standard InChI is InChI=1S/C28H23Cl2FN4O2/c1-17(2)19-8-10-21(11-9-19)35-26-25(33(16-32-26)14-18-7-12-22(29)23(30)13-18)27(36)34(28(35)37)15-20-5-3-4-6-24(20)31/h3-13,16-17H,14-15H2,1-2H3. The minimum Gasteiger partial charge on any atom is -0.320 e. The summed E-state index contributed by atoms with van der Waals surface area (Å²) in [5.41, 5.74) is 1.98. The molecule has 0 atom stereocenters. The number of hydrogen-bond donors (Lipinski definition) is 0. The highest BCUT2D eigenvalue weighted by molar-refractivity contribution is 6.42. The van der Waals surface area contributed by atoms with Crippen LogP contribution >= 0.6 is 23.2 Å². The third kappa shape index (κ3) is 4.72. The second-order valence-electron chi connectivity index (χ2n) is 9.14. The second kappa shape index (κ2) is 10.00. The van der Waals surface area contributed by atoms with Crippen LogP contribution in [0.5, 0.6) is 0 Å². The van der Waals surface area contributed by atoms with Gasteiger partial charge in [-0.3, -0.25) is 9.36 Å². The van der Waals surface area contributed by atoms with E-state index in [4.69, 9.17) is 23.2 Å². The summed E-state index contributed by atoms with van der Waals surface area (Å²) in [7, 11) is 0. The summed E-state index contributed by atoms with van der Waals surface area (Å²) in [5.74, 6) is -0.183. The minimum absolute atomic E-state index is 0.218. The van der Waals surface area contributed by atoms with E-state index in [-0.39, 0.29) is 29.8 Å². The first-order valence-corrected chi connectivity index (χ1v) is 12.5. The van der Waals surface area contributed by atoms with Gasteiger partial charge < -0.3 is 4.57 Å². The van der Waals surface area contributed by atoms with E-state index >= 15 is 0 Å². The largest absolute Gasteiger partial charge is 0.337 e. The van der Waals surface area contributed by atoms with Crippen molar-refractivity contribution in [3.05, 3.63) is 126 Å². The number of aromatic nitrogens is 4. The van der Waals surface area contributed by atoms with Crippen LogP contribution in [0.3, 0.4) is 0 Å². The Balaban J connectivity index is 1.74. The number of imidazole rings is 1. The van der Waals surface area contributed by atoms with Gasteiger partial charge in [-0.25, -0.2) is 18.7 Å². The van der Waals surface area contributed by atoms with Crippen LogP contribution < -0.4 is 11.2 Å². The molecule has 0 aliphatic rings. The number of halogens is 3. The Morgan fingerprint density at radius 1 is 0.919 bits per heavy atom. The zero-order valence-corrected chi connectivity index (χ0v) is 21.7. The van der Waals surface area contributed by atoms with Crippen molar-refractivity contribution >= 4 is 34.4 Å². The molecule has 9 heteroatoms. The molecule has 2 heterocycles. The van der Waals surface area contributed by atoms with Crippen molar-refractivity contribution in [2.75, 3.05) is 0 Å². The Morgan fingerprint density at radius 3 is 2.32 bits per heavy atom. The summed E-state index contributed by atoms with van der Waals surface area (Å²) in [6.45, 7) is 4.21. The maximum absolute atomic E-state index is 14.5. The fourth-order valence-electron chi connectivity index (χ4n) is 4.31. The quantitative estimate of drug-likeness (QED) is 0.266.